The second kappa shape index (κ2) is 8.99. The van der Waals surface area contributed by atoms with Gasteiger partial charge in [-0.25, -0.2) is 8.42 Å². The zero-order valence-electron chi connectivity index (χ0n) is 15.9. The number of rotatable bonds is 6. The summed E-state index contributed by atoms with van der Waals surface area (Å²) in [5.74, 6) is -1.42. The molecule has 1 aliphatic rings. The number of halogens is 3. The zero-order chi connectivity index (χ0) is 21.8. The van der Waals surface area contributed by atoms with Crippen molar-refractivity contribution in [2.75, 3.05) is 13.1 Å². The Labute approximate surface area is 177 Å². The second-order valence-electron chi connectivity index (χ2n) is 6.98. The molecule has 0 spiro atoms. The van der Waals surface area contributed by atoms with Crippen LogP contribution >= 0.6 is 11.8 Å². The van der Waals surface area contributed by atoms with E-state index in [4.69, 9.17) is 0 Å². The Hall–Kier alpha value is -2.04. The molecule has 0 saturated carbocycles. The van der Waals surface area contributed by atoms with Crippen LogP contribution in [0.25, 0.3) is 0 Å². The maximum absolute atomic E-state index is 12.9. The summed E-state index contributed by atoms with van der Waals surface area (Å²) in [6.07, 6.45) is -4.81. The molecule has 10 heteroatoms. The van der Waals surface area contributed by atoms with Gasteiger partial charge in [0.15, 0.2) is 0 Å². The van der Waals surface area contributed by atoms with Crippen LogP contribution < -0.4 is 4.72 Å². The number of likely N-dealkylation sites (tertiary alicyclic amines) is 1. The topological polar surface area (TPSA) is 66.5 Å². The lowest BCUT2D eigenvalue weighted by Crippen LogP contribution is -2.55. The van der Waals surface area contributed by atoms with Crippen LogP contribution in [0.1, 0.15) is 18.4 Å². The second-order valence-corrected chi connectivity index (χ2v) is 10.0. The van der Waals surface area contributed by atoms with Gasteiger partial charge in [-0.05, 0) is 30.5 Å². The number of piperidine rings is 1. The molecule has 0 aromatic heterocycles. The van der Waals surface area contributed by atoms with Crippen molar-refractivity contribution in [1.82, 2.24) is 9.62 Å². The third-order valence-electron chi connectivity index (χ3n) is 4.83. The lowest BCUT2D eigenvalue weighted by atomic mass is 10.1. The molecule has 3 rings (SSSR count). The van der Waals surface area contributed by atoms with E-state index in [1.54, 1.807) is 18.2 Å². The van der Waals surface area contributed by atoms with Gasteiger partial charge in [-0.2, -0.15) is 17.9 Å². The number of benzene rings is 2. The van der Waals surface area contributed by atoms with Crippen LogP contribution in [-0.4, -0.2) is 43.4 Å². The Bertz CT molecular complexity index is 960. The number of hydrogen-bond acceptors (Lipinski definition) is 4. The highest BCUT2D eigenvalue weighted by atomic mass is 32.2. The third kappa shape index (κ3) is 5.55. The average molecular weight is 459 g/mol. The van der Waals surface area contributed by atoms with Gasteiger partial charge in [0.1, 0.15) is 0 Å². The number of carbonyl (C=O) groups is 1. The Morgan fingerprint density at radius 2 is 1.53 bits per heavy atom. The van der Waals surface area contributed by atoms with Crippen molar-refractivity contribution in [3.05, 3.63) is 66.2 Å². The summed E-state index contributed by atoms with van der Waals surface area (Å²) in [6, 6.07) is 17.2. The van der Waals surface area contributed by atoms with Gasteiger partial charge in [-0.15, -0.1) is 11.8 Å². The number of nitrogens with zero attached hydrogens (tertiary/aromatic N) is 1. The molecule has 1 amide bonds. The highest BCUT2D eigenvalue weighted by Gasteiger charge is 2.46. The van der Waals surface area contributed by atoms with E-state index in [1.165, 1.54) is 23.9 Å². The minimum absolute atomic E-state index is 0.0678. The van der Waals surface area contributed by atoms with E-state index in [0.717, 1.165) is 10.5 Å². The largest absolute Gasteiger partial charge is 0.471 e. The number of nitrogens with one attached hydrogen (secondary N) is 1. The fraction of sp³-hybridized carbons (Fsp3) is 0.350. The highest BCUT2D eigenvalue weighted by Crippen LogP contribution is 2.38. The highest BCUT2D eigenvalue weighted by molar-refractivity contribution is 8.00. The van der Waals surface area contributed by atoms with Crippen molar-refractivity contribution in [3.8, 4) is 0 Å². The molecule has 1 heterocycles. The molecule has 1 aliphatic heterocycles. The molecule has 30 heavy (non-hydrogen) atoms. The first kappa shape index (κ1) is 22.6. The molecule has 0 aliphatic carbocycles. The number of carbonyl (C=O) groups excluding carboxylic acids is 1. The van der Waals surface area contributed by atoms with Crippen molar-refractivity contribution in [2.45, 2.75) is 34.5 Å². The van der Waals surface area contributed by atoms with E-state index in [-0.39, 0.29) is 30.8 Å². The molecule has 1 N–H and O–H groups in total. The van der Waals surface area contributed by atoms with Gasteiger partial charge in [0.05, 0.1) is 9.77 Å². The van der Waals surface area contributed by atoms with E-state index >= 15 is 0 Å². The van der Waals surface area contributed by atoms with Gasteiger partial charge in [0.25, 0.3) is 0 Å². The minimum Gasteiger partial charge on any atom is -0.335 e. The van der Waals surface area contributed by atoms with Crippen molar-refractivity contribution in [2.24, 2.45) is 0 Å². The molecule has 2 aromatic rings. The first-order chi connectivity index (χ1) is 14.1. The van der Waals surface area contributed by atoms with Gasteiger partial charge in [0, 0.05) is 18.8 Å². The molecule has 1 saturated heterocycles. The van der Waals surface area contributed by atoms with Crippen LogP contribution in [0.2, 0.25) is 0 Å². The molecule has 162 valence electrons. The number of alkyl halides is 3. The van der Waals surface area contributed by atoms with Gasteiger partial charge >= 0.3 is 12.1 Å². The van der Waals surface area contributed by atoms with E-state index in [2.05, 4.69) is 4.72 Å². The lowest BCUT2D eigenvalue weighted by Gasteiger charge is -2.41. The molecule has 1 fully saturated rings. The maximum atomic E-state index is 12.9. The lowest BCUT2D eigenvalue weighted by molar-refractivity contribution is -0.186. The van der Waals surface area contributed by atoms with E-state index in [1.807, 2.05) is 30.3 Å². The Morgan fingerprint density at radius 3 is 2.07 bits per heavy atom. The van der Waals surface area contributed by atoms with Gasteiger partial charge in [-0.1, -0.05) is 48.5 Å². The summed E-state index contributed by atoms with van der Waals surface area (Å²) in [6.45, 7) is -0.366. The molecule has 5 nitrogen and oxygen atoms in total. The van der Waals surface area contributed by atoms with Crippen molar-refractivity contribution in [1.29, 1.82) is 0 Å². The van der Waals surface area contributed by atoms with Gasteiger partial charge in [-0.3, -0.25) is 4.79 Å². The van der Waals surface area contributed by atoms with E-state index in [0.29, 0.717) is 5.75 Å². The monoisotopic (exact) mass is 458 g/mol. The molecule has 0 unspecified atom stereocenters. The summed E-state index contributed by atoms with van der Waals surface area (Å²) in [5, 5.41) is 0. The van der Waals surface area contributed by atoms with Crippen molar-refractivity contribution < 1.29 is 26.4 Å². The first-order valence-corrected chi connectivity index (χ1v) is 11.7. The predicted molar refractivity (Wildman–Crippen MR) is 109 cm³/mol. The Morgan fingerprint density at radius 1 is 1.00 bits per heavy atom. The predicted octanol–water partition coefficient (Wildman–Crippen LogP) is 3.78. The standard InChI is InChI=1S/C20H21F3N2O3S2/c21-20(22,23)18(26)25-13-11-19(12-14-25,29-15-16-7-3-1-4-8-16)24-30(27,28)17-9-5-2-6-10-17/h1-10,24H,11-15H2. The third-order valence-corrected chi connectivity index (χ3v) is 8.05. The molecule has 0 radical (unpaired) electrons. The van der Waals surface area contributed by atoms with Gasteiger partial charge < -0.3 is 4.90 Å². The minimum atomic E-state index is -4.94. The normalized spacial score (nSPS) is 17.0. The van der Waals surface area contributed by atoms with Crippen LogP contribution in [-0.2, 0) is 20.6 Å². The van der Waals surface area contributed by atoms with E-state index in [9.17, 15) is 26.4 Å². The summed E-state index contributed by atoms with van der Waals surface area (Å²) in [5.41, 5.74) is 0.967. The van der Waals surface area contributed by atoms with Crippen LogP contribution in [0.15, 0.2) is 65.6 Å². The van der Waals surface area contributed by atoms with Crippen LogP contribution in [0.3, 0.4) is 0 Å². The SMILES string of the molecule is O=C(N1CCC(NS(=O)(=O)c2ccccc2)(SCc2ccccc2)CC1)C(F)(F)F. The maximum Gasteiger partial charge on any atom is 0.471 e. The summed E-state index contributed by atoms with van der Waals surface area (Å²) in [4.78, 5) is 11.4. The smallest absolute Gasteiger partial charge is 0.335 e. The average Bonchev–Trinajstić information content (AvgIpc) is 2.73. The van der Waals surface area contributed by atoms with Crippen LogP contribution in [0.5, 0.6) is 0 Å². The van der Waals surface area contributed by atoms with Crippen LogP contribution in [0.4, 0.5) is 13.2 Å². The molecule has 2 aromatic carbocycles. The fourth-order valence-electron chi connectivity index (χ4n) is 3.23. The quantitative estimate of drug-likeness (QED) is 0.669. The molecular weight excluding hydrogens is 437 g/mol. The zero-order valence-corrected chi connectivity index (χ0v) is 17.6. The fourth-order valence-corrected chi connectivity index (χ4v) is 6.22. The number of amides is 1. The number of thioether (sulfide) groups is 1. The summed E-state index contributed by atoms with van der Waals surface area (Å²) < 4.78 is 66.9. The molecule has 0 bridgehead atoms. The van der Waals surface area contributed by atoms with Crippen LogP contribution in [0, 0.1) is 0 Å². The van der Waals surface area contributed by atoms with Gasteiger partial charge in [0.2, 0.25) is 10.0 Å². The number of sulfonamides is 1. The first-order valence-electron chi connectivity index (χ1n) is 9.24. The van der Waals surface area contributed by atoms with E-state index < -0.39 is 27.0 Å². The Kier molecular flexibility index (Phi) is 6.78. The summed E-state index contributed by atoms with van der Waals surface area (Å²) in [7, 11) is -3.89. The Balaban J connectivity index is 1.80. The van der Waals surface area contributed by atoms with Crippen molar-refractivity contribution in [3.63, 3.8) is 0 Å². The molecular formula is C20H21F3N2O3S2. The number of hydrogen-bond donors (Lipinski definition) is 1. The molecule has 0 atom stereocenters. The summed E-state index contributed by atoms with van der Waals surface area (Å²) >= 11 is 1.33. The van der Waals surface area contributed by atoms with Crippen molar-refractivity contribution >= 4 is 27.7 Å².